The molecule has 21 nitrogen and oxygen atoms in total. The van der Waals surface area contributed by atoms with Crippen molar-refractivity contribution in [3.63, 3.8) is 0 Å². The summed E-state index contributed by atoms with van der Waals surface area (Å²) in [7, 11) is 4.81. The van der Waals surface area contributed by atoms with E-state index in [9.17, 15) is 40.1 Å². The maximum absolute atomic E-state index is 14.4. The minimum absolute atomic E-state index is 0.0395. The topological polar surface area (TPSA) is 266 Å². The molecule has 0 radical (unpaired) electrons. The van der Waals surface area contributed by atoms with Crippen molar-refractivity contribution >= 4 is 17.4 Å². The van der Waals surface area contributed by atoms with Crippen LogP contribution < -0.4 is 4.74 Å². The summed E-state index contributed by atoms with van der Waals surface area (Å²) in [6, 6.07) is 5.39. The lowest BCUT2D eigenvalue weighted by molar-refractivity contribution is -0.384. The highest BCUT2D eigenvalue weighted by Crippen LogP contribution is 2.42. The molecule has 1 aromatic heterocycles. The molecular weight excluding hydrogens is 903 g/mol. The molecule has 4 heterocycles. The van der Waals surface area contributed by atoms with Gasteiger partial charge in [0, 0.05) is 63.2 Å². The number of rotatable bonds is 15. The van der Waals surface area contributed by atoms with Crippen LogP contribution in [0.1, 0.15) is 101 Å². The number of nitrogens with zero attached hydrogens (tertiary/aromatic N) is 5. The first-order chi connectivity index (χ1) is 32.3. The van der Waals surface area contributed by atoms with Crippen LogP contribution in [-0.2, 0) is 55.8 Å². The van der Waals surface area contributed by atoms with Crippen LogP contribution in [0.25, 0.3) is 0 Å². The average Bonchev–Trinajstić information content (AvgIpc) is 3.76. The molecule has 390 valence electrons. The molecule has 3 aliphatic heterocycles. The summed E-state index contributed by atoms with van der Waals surface area (Å²) < 4.78 is 51.9. The highest BCUT2D eigenvalue weighted by atomic mass is 16.7. The Morgan fingerprint density at radius 3 is 2.28 bits per heavy atom. The van der Waals surface area contributed by atoms with E-state index < -0.39 is 119 Å². The van der Waals surface area contributed by atoms with Crippen LogP contribution in [-0.4, -0.2) is 169 Å². The number of likely N-dealkylation sites (N-methyl/N-ethyl adjacent to an activating group) is 1. The van der Waals surface area contributed by atoms with Crippen molar-refractivity contribution in [2.24, 2.45) is 23.7 Å². The number of ether oxygens (including phenoxy) is 8. The normalized spacial score (nSPS) is 39.7. The number of ketones is 1. The Morgan fingerprint density at radius 1 is 0.957 bits per heavy atom. The third-order valence-corrected chi connectivity index (χ3v) is 14.8. The summed E-state index contributed by atoms with van der Waals surface area (Å²) in [5, 5.41) is 66.4. The van der Waals surface area contributed by atoms with Gasteiger partial charge in [-0.05, 0) is 73.9 Å². The van der Waals surface area contributed by atoms with Crippen molar-refractivity contribution in [3.05, 3.63) is 46.3 Å². The molecule has 3 aliphatic rings. The van der Waals surface area contributed by atoms with Gasteiger partial charge in [-0.1, -0.05) is 39.0 Å². The van der Waals surface area contributed by atoms with Gasteiger partial charge in [0.05, 0.1) is 70.9 Å². The second-order valence-electron chi connectivity index (χ2n) is 20.2. The number of aliphatic hydroxyl groups is 4. The molecule has 69 heavy (non-hydrogen) atoms. The van der Waals surface area contributed by atoms with Gasteiger partial charge < -0.3 is 58.3 Å². The lowest BCUT2D eigenvalue weighted by atomic mass is 9.74. The van der Waals surface area contributed by atoms with E-state index >= 15 is 0 Å². The zero-order valence-corrected chi connectivity index (χ0v) is 42.4. The number of hydrogen-bond donors (Lipinski definition) is 4. The lowest BCUT2D eigenvalue weighted by Crippen LogP contribution is -2.61. The molecule has 0 saturated carbocycles. The number of esters is 1. The van der Waals surface area contributed by atoms with Crippen molar-refractivity contribution in [1.82, 2.24) is 19.9 Å². The summed E-state index contributed by atoms with van der Waals surface area (Å²) >= 11 is 0. The van der Waals surface area contributed by atoms with Crippen LogP contribution in [0.15, 0.2) is 30.5 Å². The van der Waals surface area contributed by atoms with Crippen LogP contribution in [0.2, 0.25) is 0 Å². The molecule has 0 unspecified atom stereocenters. The van der Waals surface area contributed by atoms with E-state index in [2.05, 4.69) is 10.3 Å². The molecule has 0 bridgehead atoms. The zero-order valence-electron chi connectivity index (χ0n) is 42.4. The van der Waals surface area contributed by atoms with Gasteiger partial charge in [-0.25, -0.2) is 4.68 Å². The second-order valence-corrected chi connectivity index (χ2v) is 20.2. The molecule has 2 aromatic rings. The molecular formula is C48H77N5O16. The third kappa shape index (κ3) is 12.8. The number of methoxy groups -OCH3 is 2. The maximum atomic E-state index is 14.4. The highest BCUT2D eigenvalue weighted by Gasteiger charge is 2.54. The molecule has 0 amide bonds. The number of aliphatic hydroxyl groups excluding tert-OH is 3. The van der Waals surface area contributed by atoms with E-state index in [0.29, 0.717) is 24.4 Å². The van der Waals surface area contributed by atoms with Gasteiger partial charge in [-0.3, -0.25) is 24.6 Å². The number of non-ortho nitro benzene ring substituents is 1. The third-order valence-electron chi connectivity index (χ3n) is 14.8. The molecule has 5 rings (SSSR count). The Morgan fingerprint density at radius 2 is 1.64 bits per heavy atom. The largest absolute Gasteiger partial charge is 0.491 e. The molecule has 3 fully saturated rings. The van der Waals surface area contributed by atoms with Crippen molar-refractivity contribution < 1.29 is 72.8 Å². The van der Waals surface area contributed by atoms with Crippen molar-refractivity contribution in [3.8, 4) is 5.75 Å². The van der Waals surface area contributed by atoms with Crippen molar-refractivity contribution in [2.45, 2.75) is 192 Å². The van der Waals surface area contributed by atoms with E-state index in [1.807, 2.05) is 25.8 Å². The van der Waals surface area contributed by atoms with Gasteiger partial charge in [0.1, 0.15) is 42.1 Å². The first-order valence-corrected chi connectivity index (χ1v) is 24.0. The number of hydrogen-bond acceptors (Lipinski definition) is 19. The van der Waals surface area contributed by atoms with Gasteiger partial charge in [0.15, 0.2) is 12.6 Å². The number of nitro benzene ring substituents is 1. The number of Topliss-reactive ketones (excluding diaryl/α,β-unsaturated/α-hetero) is 1. The minimum atomic E-state index is -2.02. The zero-order chi connectivity index (χ0) is 51.3. The maximum Gasteiger partial charge on any atom is 0.311 e. The first-order valence-electron chi connectivity index (χ1n) is 24.0. The van der Waals surface area contributed by atoms with E-state index in [1.54, 1.807) is 64.6 Å². The van der Waals surface area contributed by atoms with Crippen LogP contribution in [0.3, 0.4) is 0 Å². The number of aromatic nitrogens is 3. The van der Waals surface area contributed by atoms with Crippen LogP contribution in [0.4, 0.5) is 5.69 Å². The number of carbonyl (C=O) groups is 2. The van der Waals surface area contributed by atoms with Crippen LogP contribution in [0.5, 0.6) is 5.75 Å². The minimum Gasteiger partial charge on any atom is -0.491 e. The Hall–Kier alpha value is -3.74. The second kappa shape index (κ2) is 23.2. The number of nitro groups is 1. The fraction of sp³-hybridized carbons (Fsp3) is 0.792. The molecule has 3 saturated heterocycles. The van der Waals surface area contributed by atoms with Crippen LogP contribution in [0, 0.1) is 33.8 Å². The molecule has 0 aliphatic carbocycles. The molecule has 21 heteroatoms. The number of benzene rings is 1. The fourth-order valence-corrected chi connectivity index (χ4v) is 10.3. The summed E-state index contributed by atoms with van der Waals surface area (Å²) in [6.45, 7) is 17.6. The lowest BCUT2D eigenvalue weighted by Gasteiger charge is -2.50. The molecule has 1 aromatic carbocycles. The van der Waals surface area contributed by atoms with Gasteiger partial charge in [-0.2, -0.15) is 0 Å². The summed E-state index contributed by atoms with van der Waals surface area (Å²) in [6.07, 6.45) is -8.29. The Labute approximate surface area is 405 Å². The molecule has 18 atom stereocenters. The quantitative estimate of drug-likeness (QED) is 0.113. The van der Waals surface area contributed by atoms with Gasteiger partial charge in [-0.15, -0.1) is 5.10 Å². The Balaban J connectivity index is 1.46. The monoisotopic (exact) mass is 980 g/mol. The fourth-order valence-electron chi connectivity index (χ4n) is 10.3. The van der Waals surface area contributed by atoms with Gasteiger partial charge in [0.2, 0.25) is 0 Å². The standard InChI is InChI=1S/C48H77N5O16/c1-14-36-48(10,59)41(56)28(4)38(54)26(2)22-47(9,63-13)43(29(5)40(30(6)44(58)67-36)68-37-23-46(8,62-12)42(57)31(7)66-37)69-45-39(55)35(20-27(3)65-45)51(11)24-32-25-52(50-49-32)18-19-64-34-17-15-16-33(21-34)53(60)61/h15-17,21,25-31,35-37,39-43,45,55-57,59H,14,18-20,22-24H2,1-13H3/t26-,27-,28+,29+,30-,31+,35+,36-,37+,39-,40+,41-,42+,43-,45+,46-,47-,48-/m1/s1. The summed E-state index contributed by atoms with van der Waals surface area (Å²) in [5.41, 5.74) is -3.94. The van der Waals surface area contributed by atoms with Crippen molar-refractivity contribution in [2.75, 3.05) is 27.9 Å². The van der Waals surface area contributed by atoms with E-state index in [-0.39, 0.29) is 43.9 Å². The van der Waals surface area contributed by atoms with Crippen LogP contribution >= 0.6 is 0 Å². The predicted octanol–water partition coefficient (Wildman–Crippen LogP) is 3.59. The van der Waals surface area contributed by atoms with Crippen molar-refractivity contribution in [1.29, 1.82) is 0 Å². The average molecular weight is 980 g/mol. The summed E-state index contributed by atoms with van der Waals surface area (Å²) in [4.78, 5) is 41.3. The predicted molar refractivity (Wildman–Crippen MR) is 247 cm³/mol. The molecule has 0 spiro atoms. The number of cyclic esters (lactones) is 1. The highest BCUT2D eigenvalue weighted by molar-refractivity contribution is 5.83. The van der Waals surface area contributed by atoms with Gasteiger partial charge in [0.25, 0.3) is 5.69 Å². The summed E-state index contributed by atoms with van der Waals surface area (Å²) in [5.74, 6) is -4.51. The van der Waals surface area contributed by atoms with Gasteiger partial charge >= 0.3 is 5.97 Å². The molecule has 4 N–H and O–H groups in total. The Kier molecular flexibility index (Phi) is 18.9. The smallest absolute Gasteiger partial charge is 0.311 e. The first kappa shape index (κ1) is 56.2. The van der Waals surface area contributed by atoms with E-state index in [0.717, 1.165) is 0 Å². The SMILES string of the molecule is CC[C@H]1OC(=O)[C@H](C)[C@@H](O[C@H]2C[C@@](C)(OC)[C@@H](O)[C@H](C)O2)[C@H](C)[C@@H](O[C@@H]2O[C@H](C)C[C@H](N(C)Cc3cn(CCOc4cccc([N+](=O)[O-])c4)nn3)[C@H]2O)[C@](C)(OC)C[C@@H](C)C(=O)[C@H](C)[C@@H](O)[C@]1(C)O. The van der Waals surface area contributed by atoms with E-state index in [4.69, 9.17) is 37.9 Å². The Bertz CT molecular complexity index is 2030. The van der Waals surface area contributed by atoms with E-state index in [1.165, 1.54) is 40.2 Å². The number of carbonyl (C=O) groups excluding carboxylic acids is 2.